The number of rotatable bonds is 8. The van der Waals surface area contributed by atoms with Crippen LogP contribution in [0, 0.1) is 0 Å². The van der Waals surface area contributed by atoms with E-state index < -0.39 is 10.0 Å². The summed E-state index contributed by atoms with van der Waals surface area (Å²) in [6.07, 6.45) is 3.83. The van der Waals surface area contributed by atoms with Crippen LogP contribution >= 0.6 is 0 Å². The summed E-state index contributed by atoms with van der Waals surface area (Å²) < 4.78 is 24.9. The Bertz CT molecular complexity index is 1060. The molecule has 1 amide bonds. The van der Waals surface area contributed by atoms with Crippen molar-refractivity contribution in [2.24, 2.45) is 0 Å². The van der Waals surface area contributed by atoms with Gasteiger partial charge in [0.25, 0.3) is 5.91 Å². The predicted molar refractivity (Wildman–Crippen MR) is 130 cm³/mol. The zero-order chi connectivity index (χ0) is 23.3. The van der Waals surface area contributed by atoms with Gasteiger partial charge in [0.1, 0.15) is 0 Å². The van der Waals surface area contributed by atoms with E-state index >= 15 is 0 Å². The third kappa shape index (κ3) is 6.86. The maximum Gasteiger partial charge on any atom is 0.251 e. The van der Waals surface area contributed by atoms with E-state index in [0.717, 1.165) is 17.7 Å². The molecule has 0 spiro atoms. The molecule has 2 aliphatic heterocycles. The van der Waals surface area contributed by atoms with Gasteiger partial charge < -0.3 is 5.32 Å². The second-order valence-electron chi connectivity index (χ2n) is 9.12. The highest BCUT2D eigenvalue weighted by molar-refractivity contribution is 7.88. The molecule has 2 saturated heterocycles. The van der Waals surface area contributed by atoms with E-state index in [1.54, 1.807) is 0 Å². The van der Waals surface area contributed by atoms with Crippen LogP contribution in [0.4, 0.5) is 0 Å². The summed E-state index contributed by atoms with van der Waals surface area (Å²) >= 11 is 0. The number of likely N-dealkylation sites (tertiary alicyclic amines) is 1. The van der Waals surface area contributed by atoms with Crippen LogP contribution in [0.2, 0.25) is 0 Å². The van der Waals surface area contributed by atoms with E-state index in [-0.39, 0.29) is 5.91 Å². The molecule has 7 nitrogen and oxygen atoms in total. The Labute approximate surface area is 197 Å². The highest BCUT2D eigenvalue weighted by Crippen LogP contribution is 2.15. The number of benzene rings is 2. The maximum atomic E-state index is 12.8. The summed E-state index contributed by atoms with van der Waals surface area (Å²) in [5.41, 5.74) is 4.11. The fourth-order valence-electron chi connectivity index (χ4n) is 4.61. The normalized spacial score (nSPS) is 18.5. The second-order valence-corrected chi connectivity index (χ2v) is 11.1. The average Bonchev–Trinajstić information content (AvgIpc) is 3.31. The van der Waals surface area contributed by atoms with Crippen LogP contribution in [-0.4, -0.2) is 74.0 Å². The Morgan fingerprint density at radius 1 is 0.818 bits per heavy atom. The van der Waals surface area contributed by atoms with Crippen molar-refractivity contribution < 1.29 is 13.2 Å². The summed E-state index contributed by atoms with van der Waals surface area (Å²) in [6.45, 7) is 6.93. The van der Waals surface area contributed by atoms with Crippen molar-refractivity contribution in [2.45, 2.75) is 32.5 Å². The molecule has 0 unspecified atom stereocenters. The monoisotopic (exact) mass is 470 g/mol. The third-order valence-corrected chi connectivity index (χ3v) is 7.75. The van der Waals surface area contributed by atoms with Crippen molar-refractivity contribution in [3.63, 3.8) is 0 Å². The summed E-state index contributed by atoms with van der Waals surface area (Å²) in [5, 5.41) is 3.05. The Kier molecular flexibility index (Phi) is 7.80. The molecule has 33 heavy (non-hydrogen) atoms. The number of piperazine rings is 1. The zero-order valence-corrected chi connectivity index (χ0v) is 20.2. The molecule has 2 fully saturated rings. The fourth-order valence-corrected chi connectivity index (χ4v) is 5.44. The van der Waals surface area contributed by atoms with Crippen LogP contribution in [0.5, 0.6) is 0 Å². The van der Waals surface area contributed by atoms with Gasteiger partial charge in [0, 0.05) is 51.4 Å². The molecule has 8 heteroatoms. The first-order valence-corrected chi connectivity index (χ1v) is 13.6. The number of hydrogen-bond donors (Lipinski definition) is 1. The van der Waals surface area contributed by atoms with E-state index in [1.807, 2.05) is 24.3 Å². The lowest BCUT2D eigenvalue weighted by Gasteiger charge is -2.33. The second kappa shape index (κ2) is 10.8. The molecule has 0 atom stereocenters. The van der Waals surface area contributed by atoms with Crippen LogP contribution < -0.4 is 5.32 Å². The van der Waals surface area contributed by atoms with E-state index in [1.165, 1.54) is 42.1 Å². The summed E-state index contributed by atoms with van der Waals surface area (Å²) in [6, 6.07) is 16.2. The van der Waals surface area contributed by atoms with Crippen molar-refractivity contribution in [3.8, 4) is 0 Å². The SMILES string of the molecule is CS(=O)(=O)N1CCN(Cc2cccc(C(=O)NCc3cccc(CN4CCCC4)c3)c2)CC1. The molecule has 0 aliphatic carbocycles. The van der Waals surface area contributed by atoms with Gasteiger partial charge in [-0.25, -0.2) is 8.42 Å². The molecule has 0 bridgehead atoms. The first-order valence-electron chi connectivity index (χ1n) is 11.7. The predicted octanol–water partition coefficient (Wildman–Crippen LogP) is 2.29. The van der Waals surface area contributed by atoms with Gasteiger partial charge in [-0.15, -0.1) is 0 Å². The molecule has 1 N–H and O–H groups in total. The largest absolute Gasteiger partial charge is 0.348 e. The first-order chi connectivity index (χ1) is 15.9. The van der Waals surface area contributed by atoms with Crippen LogP contribution in [0.15, 0.2) is 48.5 Å². The number of nitrogens with zero attached hydrogens (tertiary/aromatic N) is 3. The molecule has 2 aromatic carbocycles. The lowest BCUT2D eigenvalue weighted by molar-refractivity contribution is 0.0950. The lowest BCUT2D eigenvalue weighted by atomic mass is 10.1. The molecule has 178 valence electrons. The molecule has 2 heterocycles. The third-order valence-electron chi connectivity index (χ3n) is 6.44. The van der Waals surface area contributed by atoms with Gasteiger partial charge in [0.15, 0.2) is 0 Å². The van der Waals surface area contributed by atoms with E-state index in [2.05, 4.69) is 39.4 Å². The van der Waals surface area contributed by atoms with Crippen LogP contribution in [0.3, 0.4) is 0 Å². The van der Waals surface area contributed by atoms with Crippen molar-refractivity contribution in [2.75, 3.05) is 45.5 Å². The van der Waals surface area contributed by atoms with E-state index in [0.29, 0.717) is 44.8 Å². The number of sulfonamides is 1. The molecule has 0 saturated carbocycles. The molecular formula is C25H34N4O3S. The van der Waals surface area contributed by atoms with Crippen LogP contribution in [0.25, 0.3) is 0 Å². The molecule has 4 rings (SSSR count). The molecular weight excluding hydrogens is 436 g/mol. The molecule has 0 aromatic heterocycles. The van der Waals surface area contributed by atoms with Gasteiger partial charge in [-0.05, 0) is 54.8 Å². The van der Waals surface area contributed by atoms with Crippen LogP contribution in [0.1, 0.15) is 39.9 Å². The number of amides is 1. The first kappa shape index (κ1) is 23.9. The Morgan fingerprint density at radius 3 is 2.06 bits per heavy atom. The number of hydrogen-bond acceptors (Lipinski definition) is 5. The highest BCUT2D eigenvalue weighted by atomic mass is 32.2. The minimum absolute atomic E-state index is 0.0799. The topological polar surface area (TPSA) is 73.0 Å². The van der Waals surface area contributed by atoms with Gasteiger partial charge in [0.05, 0.1) is 6.26 Å². The van der Waals surface area contributed by atoms with Crippen molar-refractivity contribution in [1.82, 2.24) is 19.4 Å². The van der Waals surface area contributed by atoms with Gasteiger partial charge >= 0.3 is 0 Å². The van der Waals surface area contributed by atoms with Gasteiger partial charge in [-0.1, -0.05) is 36.4 Å². The Morgan fingerprint density at radius 2 is 1.39 bits per heavy atom. The minimum Gasteiger partial charge on any atom is -0.348 e. The van der Waals surface area contributed by atoms with Crippen molar-refractivity contribution >= 4 is 15.9 Å². The standard InChI is InChI=1S/C25H34N4O3S/c1-33(31,32)29-14-12-28(13-15-29)20-23-8-5-9-24(17-23)25(30)26-18-21-6-4-7-22(16-21)19-27-10-2-3-11-27/h4-9,16-17H,2-3,10-15,18-20H2,1H3,(H,26,30). The maximum absolute atomic E-state index is 12.8. The van der Waals surface area contributed by atoms with Crippen LogP contribution in [-0.2, 0) is 29.7 Å². The zero-order valence-electron chi connectivity index (χ0n) is 19.4. The van der Waals surface area contributed by atoms with E-state index in [4.69, 9.17) is 0 Å². The minimum atomic E-state index is -3.13. The highest BCUT2D eigenvalue weighted by Gasteiger charge is 2.23. The summed E-state index contributed by atoms with van der Waals surface area (Å²) in [7, 11) is -3.13. The molecule has 2 aromatic rings. The quantitative estimate of drug-likeness (QED) is 0.641. The fraction of sp³-hybridized carbons (Fsp3) is 0.480. The van der Waals surface area contributed by atoms with Gasteiger partial charge in [-0.3, -0.25) is 14.6 Å². The number of carbonyl (C=O) groups excluding carboxylic acids is 1. The molecule has 2 aliphatic rings. The Hall–Kier alpha value is -2.26. The lowest BCUT2D eigenvalue weighted by Crippen LogP contribution is -2.47. The van der Waals surface area contributed by atoms with E-state index in [9.17, 15) is 13.2 Å². The Balaban J connectivity index is 1.29. The smallest absolute Gasteiger partial charge is 0.251 e. The average molecular weight is 471 g/mol. The van der Waals surface area contributed by atoms with Crippen molar-refractivity contribution in [3.05, 3.63) is 70.8 Å². The van der Waals surface area contributed by atoms with Crippen molar-refractivity contribution in [1.29, 1.82) is 0 Å². The summed E-state index contributed by atoms with van der Waals surface area (Å²) in [5.74, 6) is -0.0799. The summed E-state index contributed by atoms with van der Waals surface area (Å²) in [4.78, 5) is 17.5. The number of carbonyl (C=O) groups is 1. The van der Waals surface area contributed by atoms with Gasteiger partial charge in [0.2, 0.25) is 10.0 Å². The van der Waals surface area contributed by atoms with Gasteiger partial charge in [-0.2, -0.15) is 4.31 Å². The number of nitrogens with one attached hydrogen (secondary N) is 1. The molecule has 0 radical (unpaired) electrons.